The molecule has 2 N–H and O–H groups in total. The normalized spacial score (nSPS) is 10.8. The number of ether oxygens (including phenoxy) is 1. The number of benzene rings is 1. The second kappa shape index (κ2) is 6.79. The third-order valence-corrected chi connectivity index (χ3v) is 3.86. The number of H-pyrrole nitrogens is 1. The lowest BCUT2D eigenvalue weighted by Crippen LogP contribution is -2.25. The zero-order valence-corrected chi connectivity index (χ0v) is 13.3. The Hall–Kier alpha value is -1.49. The standard InChI is InChI=1S/C15H19BrN2O2/c1-3-4-14(19)17-6-5-10-9-18-15-12(10)7-11(20-2)8-13(15)16/h7-9,18H,3-6H2,1-2H3,(H,17,19). The average molecular weight is 339 g/mol. The van der Waals surface area contributed by atoms with Crippen LogP contribution >= 0.6 is 15.9 Å². The summed E-state index contributed by atoms with van der Waals surface area (Å²) in [5, 5.41) is 4.06. The van der Waals surface area contributed by atoms with Gasteiger partial charge >= 0.3 is 0 Å². The van der Waals surface area contributed by atoms with Crippen LogP contribution in [-0.2, 0) is 11.2 Å². The molecule has 20 heavy (non-hydrogen) atoms. The van der Waals surface area contributed by atoms with Crippen LogP contribution in [0.1, 0.15) is 25.3 Å². The Labute approximate surface area is 127 Å². The molecule has 0 unspecified atom stereocenters. The van der Waals surface area contributed by atoms with E-state index in [2.05, 4.69) is 26.2 Å². The lowest BCUT2D eigenvalue weighted by molar-refractivity contribution is -0.121. The van der Waals surface area contributed by atoms with Crippen LogP contribution in [-0.4, -0.2) is 24.5 Å². The fraction of sp³-hybridized carbons (Fsp3) is 0.400. The first-order chi connectivity index (χ1) is 9.65. The highest BCUT2D eigenvalue weighted by atomic mass is 79.9. The zero-order chi connectivity index (χ0) is 14.5. The number of methoxy groups -OCH3 is 1. The van der Waals surface area contributed by atoms with E-state index < -0.39 is 0 Å². The molecule has 0 atom stereocenters. The summed E-state index contributed by atoms with van der Waals surface area (Å²) < 4.78 is 6.27. The van der Waals surface area contributed by atoms with Gasteiger partial charge < -0.3 is 15.0 Å². The monoisotopic (exact) mass is 338 g/mol. The minimum atomic E-state index is 0.117. The Kier molecular flexibility index (Phi) is 5.06. The molecule has 1 amide bonds. The lowest BCUT2D eigenvalue weighted by atomic mass is 10.1. The summed E-state index contributed by atoms with van der Waals surface area (Å²) in [7, 11) is 1.66. The van der Waals surface area contributed by atoms with Gasteiger partial charge in [-0.25, -0.2) is 0 Å². The fourth-order valence-electron chi connectivity index (χ4n) is 2.20. The van der Waals surface area contributed by atoms with Crippen molar-refractivity contribution in [1.82, 2.24) is 10.3 Å². The Balaban J connectivity index is 2.10. The molecule has 0 saturated carbocycles. The number of hydrogen-bond acceptors (Lipinski definition) is 2. The molecule has 4 nitrogen and oxygen atoms in total. The number of carbonyl (C=O) groups excluding carboxylic acids is 1. The number of nitrogens with one attached hydrogen (secondary N) is 2. The number of aromatic nitrogens is 1. The smallest absolute Gasteiger partial charge is 0.219 e. The van der Waals surface area contributed by atoms with Crippen LogP contribution in [0.4, 0.5) is 0 Å². The highest BCUT2D eigenvalue weighted by molar-refractivity contribution is 9.10. The Bertz CT molecular complexity index is 607. The van der Waals surface area contributed by atoms with Crippen LogP contribution in [0.3, 0.4) is 0 Å². The first-order valence-corrected chi connectivity index (χ1v) is 7.55. The van der Waals surface area contributed by atoms with Gasteiger partial charge in [-0.1, -0.05) is 6.92 Å². The maximum Gasteiger partial charge on any atom is 0.219 e. The second-order valence-electron chi connectivity index (χ2n) is 4.70. The molecular weight excluding hydrogens is 320 g/mol. The predicted octanol–water partition coefficient (Wildman–Crippen LogP) is 3.40. The number of fused-ring (bicyclic) bond motifs is 1. The molecule has 5 heteroatoms. The number of amides is 1. The molecule has 0 bridgehead atoms. The number of hydrogen-bond donors (Lipinski definition) is 2. The summed E-state index contributed by atoms with van der Waals surface area (Å²) in [4.78, 5) is 14.7. The van der Waals surface area contributed by atoms with Gasteiger partial charge in [0.2, 0.25) is 5.91 Å². The summed E-state index contributed by atoms with van der Waals surface area (Å²) in [6, 6.07) is 3.95. The van der Waals surface area contributed by atoms with Crippen molar-refractivity contribution in [2.24, 2.45) is 0 Å². The van der Waals surface area contributed by atoms with E-state index in [-0.39, 0.29) is 5.91 Å². The van der Waals surface area contributed by atoms with E-state index in [1.807, 2.05) is 25.3 Å². The summed E-state index contributed by atoms with van der Waals surface area (Å²) in [5.74, 6) is 0.936. The van der Waals surface area contributed by atoms with Gasteiger partial charge in [0.25, 0.3) is 0 Å². The van der Waals surface area contributed by atoms with Crippen molar-refractivity contribution >= 4 is 32.7 Å². The van der Waals surface area contributed by atoms with Gasteiger partial charge in [-0.05, 0) is 46.5 Å². The first kappa shape index (κ1) is 14.9. The molecule has 0 radical (unpaired) electrons. The molecule has 0 aliphatic heterocycles. The summed E-state index contributed by atoms with van der Waals surface area (Å²) in [5.41, 5.74) is 2.23. The average Bonchev–Trinajstić information content (AvgIpc) is 2.83. The van der Waals surface area contributed by atoms with Crippen LogP contribution < -0.4 is 10.1 Å². The molecule has 1 aromatic heterocycles. The summed E-state index contributed by atoms with van der Waals surface area (Å²) >= 11 is 3.53. The number of rotatable bonds is 6. The van der Waals surface area contributed by atoms with E-state index in [0.717, 1.165) is 34.0 Å². The van der Waals surface area contributed by atoms with Crippen LogP contribution in [0.25, 0.3) is 10.9 Å². The minimum absolute atomic E-state index is 0.117. The molecule has 2 aromatic rings. The number of carbonyl (C=O) groups is 1. The van der Waals surface area contributed by atoms with Crippen molar-refractivity contribution in [2.75, 3.05) is 13.7 Å². The van der Waals surface area contributed by atoms with Crippen LogP contribution in [0.2, 0.25) is 0 Å². The van der Waals surface area contributed by atoms with Gasteiger partial charge in [-0.2, -0.15) is 0 Å². The van der Waals surface area contributed by atoms with Crippen LogP contribution in [0, 0.1) is 0 Å². The highest BCUT2D eigenvalue weighted by Crippen LogP contribution is 2.31. The number of aromatic amines is 1. The quantitative estimate of drug-likeness (QED) is 0.848. The van der Waals surface area contributed by atoms with Crippen molar-refractivity contribution < 1.29 is 9.53 Å². The van der Waals surface area contributed by atoms with Gasteiger partial charge in [0.05, 0.1) is 12.6 Å². The minimum Gasteiger partial charge on any atom is -0.497 e. The van der Waals surface area contributed by atoms with Crippen molar-refractivity contribution in [2.45, 2.75) is 26.2 Å². The van der Waals surface area contributed by atoms with Crippen molar-refractivity contribution in [1.29, 1.82) is 0 Å². The Morgan fingerprint density at radius 1 is 1.45 bits per heavy atom. The summed E-state index contributed by atoms with van der Waals surface area (Å²) in [6.45, 7) is 2.66. The van der Waals surface area contributed by atoms with E-state index in [1.165, 1.54) is 5.56 Å². The molecule has 0 saturated heterocycles. The van der Waals surface area contributed by atoms with E-state index in [9.17, 15) is 4.79 Å². The van der Waals surface area contributed by atoms with E-state index >= 15 is 0 Å². The van der Waals surface area contributed by atoms with Crippen molar-refractivity contribution in [3.8, 4) is 5.75 Å². The summed E-state index contributed by atoms with van der Waals surface area (Å²) in [6.07, 6.45) is 4.26. The van der Waals surface area contributed by atoms with Crippen molar-refractivity contribution in [3.05, 3.63) is 28.4 Å². The van der Waals surface area contributed by atoms with Gasteiger partial charge in [0.15, 0.2) is 0 Å². The molecule has 0 aliphatic rings. The SMILES string of the molecule is CCCC(=O)NCCc1c[nH]c2c(Br)cc(OC)cc12. The molecule has 1 heterocycles. The van der Waals surface area contributed by atoms with Gasteiger partial charge in [0, 0.05) is 29.0 Å². The zero-order valence-electron chi connectivity index (χ0n) is 11.8. The predicted molar refractivity (Wildman–Crippen MR) is 84.2 cm³/mol. The second-order valence-corrected chi connectivity index (χ2v) is 5.55. The maximum atomic E-state index is 11.4. The molecule has 2 rings (SSSR count). The molecule has 1 aromatic carbocycles. The lowest BCUT2D eigenvalue weighted by Gasteiger charge is -2.05. The molecule has 0 aliphatic carbocycles. The highest BCUT2D eigenvalue weighted by Gasteiger charge is 2.09. The topological polar surface area (TPSA) is 54.1 Å². The first-order valence-electron chi connectivity index (χ1n) is 6.76. The van der Waals surface area contributed by atoms with E-state index in [4.69, 9.17) is 4.74 Å². The van der Waals surface area contributed by atoms with E-state index in [1.54, 1.807) is 7.11 Å². The molecule has 0 spiro atoms. The van der Waals surface area contributed by atoms with Gasteiger partial charge in [0.1, 0.15) is 5.75 Å². The molecular formula is C15H19BrN2O2. The van der Waals surface area contributed by atoms with E-state index in [0.29, 0.717) is 13.0 Å². The molecule has 0 fully saturated rings. The van der Waals surface area contributed by atoms with Crippen molar-refractivity contribution in [3.63, 3.8) is 0 Å². The third kappa shape index (κ3) is 3.33. The number of halogens is 1. The van der Waals surface area contributed by atoms with Gasteiger partial charge in [-0.3, -0.25) is 4.79 Å². The Morgan fingerprint density at radius 3 is 2.95 bits per heavy atom. The Morgan fingerprint density at radius 2 is 2.25 bits per heavy atom. The third-order valence-electron chi connectivity index (χ3n) is 3.23. The fourth-order valence-corrected chi connectivity index (χ4v) is 2.75. The van der Waals surface area contributed by atoms with Gasteiger partial charge in [-0.15, -0.1) is 0 Å². The maximum absolute atomic E-state index is 11.4. The largest absolute Gasteiger partial charge is 0.497 e. The molecule has 108 valence electrons. The van der Waals surface area contributed by atoms with Crippen LogP contribution in [0.5, 0.6) is 5.75 Å². The van der Waals surface area contributed by atoms with Crippen LogP contribution in [0.15, 0.2) is 22.8 Å².